The standard InChI is InChI=1S/C25H32B3ClN2O3/c1-13-12-17-19(15-6-8-16(29)9-7-15)18(22(23(32)33)34-24(3,4)5)14(2)20-21(17)30(13)10-11-31(20)25(26,27)28/h6-9,12,22H,10-11,26-28H2,1-5H3,(H,32,33)/t22-/m0/s1. The van der Waals surface area contributed by atoms with E-state index >= 15 is 0 Å². The van der Waals surface area contributed by atoms with Crippen LogP contribution in [0, 0.1) is 13.8 Å². The average Bonchev–Trinajstić information content (AvgIpc) is 3.05. The van der Waals surface area contributed by atoms with Crippen molar-refractivity contribution >= 4 is 57.7 Å². The molecule has 1 aliphatic rings. The molecule has 0 saturated carbocycles. The molecule has 0 spiro atoms. The summed E-state index contributed by atoms with van der Waals surface area (Å²) < 4.78 is 8.59. The number of nitrogens with zero attached hydrogens (tertiary/aromatic N) is 2. The van der Waals surface area contributed by atoms with Gasteiger partial charge in [0.2, 0.25) is 0 Å². The molecule has 0 unspecified atom stereocenters. The lowest BCUT2D eigenvalue weighted by molar-refractivity contribution is -0.160. The maximum Gasteiger partial charge on any atom is 0.337 e. The van der Waals surface area contributed by atoms with Crippen LogP contribution in [-0.2, 0) is 16.1 Å². The first-order valence-corrected chi connectivity index (χ1v) is 12.2. The minimum absolute atomic E-state index is 0.121. The first kappa shape index (κ1) is 24.8. The molecule has 0 amide bonds. The van der Waals surface area contributed by atoms with E-state index < -0.39 is 17.7 Å². The van der Waals surface area contributed by atoms with Crippen LogP contribution in [0.4, 0.5) is 5.69 Å². The van der Waals surface area contributed by atoms with Crippen molar-refractivity contribution in [2.45, 2.75) is 58.1 Å². The number of carbonyl (C=O) groups is 1. The van der Waals surface area contributed by atoms with E-state index in [1.54, 1.807) is 0 Å². The second-order valence-electron chi connectivity index (χ2n) is 11.2. The van der Waals surface area contributed by atoms with Crippen LogP contribution in [0.2, 0.25) is 5.02 Å². The first-order chi connectivity index (χ1) is 15.7. The summed E-state index contributed by atoms with van der Waals surface area (Å²) in [7, 11) is 6.62. The van der Waals surface area contributed by atoms with Gasteiger partial charge in [-0.25, -0.2) is 4.79 Å². The zero-order chi connectivity index (χ0) is 25.2. The molecule has 1 atom stereocenters. The Morgan fingerprint density at radius 1 is 1.12 bits per heavy atom. The van der Waals surface area contributed by atoms with Gasteiger partial charge in [0.25, 0.3) is 0 Å². The summed E-state index contributed by atoms with van der Waals surface area (Å²) in [5.41, 5.74) is 6.28. The average molecular weight is 476 g/mol. The third-order valence-corrected chi connectivity index (χ3v) is 6.80. The Kier molecular flexibility index (Phi) is 6.14. The zero-order valence-electron chi connectivity index (χ0n) is 21.4. The Morgan fingerprint density at radius 3 is 2.26 bits per heavy atom. The third-order valence-electron chi connectivity index (χ3n) is 6.54. The maximum absolute atomic E-state index is 12.7. The lowest BCUT2D eigenvalue weighted by Crippen LogP contribution is -2.54. The summed E-state index contributed by atoms with van der Waals surface area (Å²) in [6.07, 6.45) is -1.11. The van der Waals surface area contributed by atoms with E-state index in [1.807, 2.05) is 52.0 Å². The molecule has 0 fully saturated rings. The number of hydrogen-bond acceptors (Lipinski definition) is 3. The molecule has 0 saturated heterocycles. The molecule has 9 heteroatoms. The number of aromatic nitrogens is 1. The van der Waals surface area contributed by atoms with Crippen LogP contribution in [-0.4, -0.2) is 56.6 Å². The number of anilines is 1. The highest BCUT2D eigenvalue weighted by Crippen LogP contribution is 2.48. The van der Waals surface area contributed by atoms with Crippen molar-refractivity contribution in [1.82, 2.24) is 4.57 Å². The highest BCUT2D eigenvalue weighted by Gasteiger charge is 2.37. The molecule has 2 heterocycles. The molecule has 0 radical (unpaired) electrons. The van der Waals surface area contributed by atoms with Gasteiger partial charge < -0.3 is 19.3 Å². The maximum atomic E-state index is 12.7. The summed E-state index contributed by atoms with van der Waals surface area (Å²) in [4.78, 5) is 15.1. The lowest BCUT2D eigenvalue weighted by atomic mass is 9.48. The Balaban J connectivity index is 2.19. The topological polar surface area (TPSA) is 54.7 Å². The number of aliphatic carboxylic acids is 1. The highest BCUT2D eigenvalue weighted by molar-refractivity contribution is 6.61. The van der Waals surface area contributed by atoms with Crippen LogP contribution in [0.3, 0.4) is 0 Å². The number of ether oxygens (including phenoxy) is 1. The smallest absolute Gasteiger partial charge is 0.337 e. The van der Waals surface area contributed by atoms with E-state index in [0.717, 1.165) is 46.4 Å². The van der Waals surface area contributed by atoms with Gasteiger partial charge in [-0.1, -0.05) is 23.7 Å². The van der Waals surface area contributed by atoms with Gasteiger partial charge in [0, 0.05) is 34.8 Å². The molecule has 2 aromatic carbocycles. The second-order valence-corrected chi connectivity index (χ2v) is 11.7. The van der Waals surface area contributed by atoms with Crippen molar-refractivity contribution in [2.24, 2.45) is 0 Å². The van der Waals surface area contributed by atoms with Gasteiger partial charge in [-0.2, -0.15) is 0 Å². The molecular weight excluding hydrogens is 444 g/mol. The van der Waals surface area contributed by atoms with E-state index in [9.17, 15) is 9.90 Å². The number of aryl methyl sites for hydroxylation is 1. The van der Waals surface area contributed by atoms with Crippen LogP contribution in [0.1, 0.15) is 43.7 Å². The van der Waals surface area contributed by atoms with Gasteiger partial charge >= 0.3 is 5.97 Å². The van der Waals surface area contributed by atoms with Crippen molar-refractivity contribution in [3.8, 4) is 11.1 Å². The normalized spacial score (nSPS) is 15.1. The minimum atomic E-state index is -1.11. The number of rotatable bonds is 5. The van der Waals surface area contributed by atoms with Crippen LogP contribution in [0.25, 0.3) is 22.0 Å². The molecule has 1 N–H and O–H groups in total. The molecule has 1 aliphatic heterocycles. The van der Waals surface area contributed by atoms with Crippen LogP contribution >= 0.6 is 11.6 Å². The largest absolute Gasteiger partial charge is 0.479 e. The van der Waals surface area contributed by atoms with E-state index in [0.29, 0.717) is 10.6 Å². The molecule has 0 bridgehead atoms. The van der Waals surface area contributed by atoms with Gasteiger partial charge in [-0.15, -0.1) is 0 Å². The third kappa shape index (κ3) is 4.27. The summed E-state index contributed by atoms with van der Waals surface area (Å²) >= 11 is 6.21. The fourth-order valence-corrected chi connectivity index (χ4v) is 5.33. The quantitative estimate of drug-likeness (QED) is 0.576. The van der Waals surface area contributed by atoms with Gasteiger partial charge in [-0.3, -0.25) is 0 Å². The number of hydrogen-bond donors (Lipinski definition) is 1. The summed E-state index contributed by atoms with van der Waals surface area (Å²) in [6, 6.07) is 9.83. The fourth-order valence-electron chi connectivity index (χ4n) is 5.20. The predicted molar refractivity (Wildman–Crippen MR) is 149 cm³/mol. The Bertz CT molecular complexity index is 1270. The van der Waals surface area contributed by atoms with E-state index in [1.165, 1.54) is 5.69 Å². The van der Waals surface area contributed by atoms with Crippen molar-refractivity contribution in [1.29, 1.82) is 0 Å². The SMILES string of the molecule is BC(B)(B)N1CCn2c(C)cc3c(-c4ccc(Cl)cc4)c([C@H](OC(C)(C)C)C(=O)O)c(C)c1c32. The molecule has 5 nitrogen and oxygen atoms in total. The van der Waals surface area contributed by atoms with Gasteiger partial charge in [0.05, 0.1) is 16.8 Å². The number of carboxylic acid groups (broad SMARTS) is 1. The molecular formula is C25H32B3ClN2O3. The van der Waals surface area contributed by atoms with Crippen LogP contribution in [0.5, 0.6) is 0 Å². The van der Waals surface area contributed by atoms with E-state index in [4.69, 9.17) is 16.3 Å². The molecule has 0 aliphatic carbocycles. The predicted octanol–water partition coefficient (Wildman–Crippen LogP) is 2.85. The number of halogens is 1. The Labute approximate surface area is 209 Å². The minimum Gasteiger partial charge on any atom is -0.479 e. The molecule has 34 heavy (non-hydrogen) atoms. The van der Waals surface area contributed by atoms with Gasteiger partial charge in [0.1, 0.15) is 23.5 Å². The van der Waals surface area contributed by atoms with Crippen molar-refractivity contribution in [2.75, 3.05) is 11.4 Å². The molecule has 4 rings (SSSR count). The molecule has 176 valence electrons. The van der Waals surface area contributed by atoms with Crippen molar-refractivity contribution < 1.29 is 14.6 Å². The summed E-state index contributed by atoms with van der Waals surface area (Å²) in [5.74, 6) is -0.992. The highest BCUT2D eigenvalue weighted by atomic mass is 35.5. The van der Waals surface area contributed by atoms with Crippen molar-refractivity contribution in [3.63, 3.8) is 0 Å². The molecule has 3 aromatic rings. The lowest BCUT2D eigenvalue weighted by Gasteiger charge is -2.44. The summed E-state index contributed by atoms with van der Waals surface area (Å²) in [5, 5.41) is 12.0. The van der Waals surface area contributed by atoms with Crippen LogP contribution < -0.4 is 4.90 Å². The number of benzene rings is 2. The first-order valence-electron chi connectivity index (χ1n) is 11.8. The van der Waals surface area contributed by atoms with Crippen LogP contribution in [0.15, 0.2) is 30.3 Å². The van der Waals surface area contributed by atoms with Gasteiger partial charge in [-0.05, 0) is 74.7 Å². The monoisotopic (exact) mass is 476 g/mol. The Morgan fingerprint density at radius 2 is 1.74 bits per heavy atom. The zero-order valence-corrected chi connectivity index (χ0v) is 22.2. The van der Waals surface area contributed by atoms with Gasteiger partial charge in [0.15, 0.2) is 6.10 Å². The number of carboxylic acids is 1. The Hall–Kier alpha value is -2.31. The second kappa shape index (κ2) is 8.42. The molecule has 1 aromatic heterocycles. The van der Waals surface area contributed by atoms with E-state index in [-0.39, 0.29) is 5.24 Å². The van der Waals surface area contributed by atoms with Crippen molar-refractivity contribution in [3.05, 3.63) is 52.2 Å². The summed E-state index contributed by atoms with van der Waals surface area (Å²) in [6.45, 7) is 11.6. The fraction of sp³-hybridized carbons (Fsp3) is 0.400. The van der Waals surface area contributed by atoms with E-state index in [2.05, 4.69) is 46.0 Å².